The molecule has 2 aromatic rings. The van der Waals surface area contributed by atoms with Crippen molar-refractivity contribution in [1.82, 2.24) is 0 Å². The largest absolute Gasteiger partial charge is 0.494 e. The molecule has 2 aromatic carbocycles. The van der Waals surface area contributed by atoms with Crippen molar-refractivity contribution in [2.75, 3.05) is 6.61 Å². The third-order valence-electron chi connectivity index (χ3n) is 2.93. The zero-order chi connectivity index (χ0) is 15.2. The lowest BCUT2D eigenvalue weighted by Gasteiger charge is -2.14. The highest BCUT2D eigenvalue weighted by molar-refractivity contribution is 9.10. The smallest absolute Gasteiger partial charge is 0.202 e. The Morgan fingerprint density at radius 3 is 2.48 bits per heavy atom. The molecule has 4 heteroatoms. The Labute approximate surface area is 133 Å². The van der Waals surface area contributed by atoms with Gasteiger partial charge >= 0.3 is 0 Å². The fraction of sp³-hybridized carbons (Fsp3) is 0.235. The van der Waals surface area contributed by atoms with Gasteiger partial charge in [-0.15, -0.1) is 0 Å². The average Bonchev–Trinajstić information content (AvgIpc) is 2.48. The van der Waals surface area contributed by atoms with Crippen LogP contribution in [0.5, 0.6) is 11.5 Å². The third kappa shape index (κ3) is 4.33. The van der Waals surface area contributed by atoms with Crippen molar-refractivity contribution in [2.24, 2.45) is 0 Å². The van der Waals surface area contributed by atoms with Crippen LogP contribution in [-0.4, -0.2) is 18.5 Å². The van der Waals surface area contributed by atoms with Gasteiger partial charge in [0.15, 0.2) is 6.10 Å². The molecule has 0 bridgehead atoms. The highest BCUT2D eigenvalue weighted by Crippen LogP contribution is 2.21. The molecule has 0 heterocycles. The normalized spacial score (nSPS) is 11.8. The Hall–Kier alpha value is -1.81. The van der Waals surface area contributed by atoms with Gasteiger partial charge < -0.3 is 9.47 Å². The number of halogens is 1. The highest BCUT2D eigenvalue weighted by Gasteiger charge is 2.17. The van der Waals surface area contributed by atoms with E-state index in [4.69, 9.17) is 9.47 Å². The molecule has 0 amide bonds. The van der Waals surface area contributed by atoms with Crippen LogP contribution < -0.4 is 9.47 Å². The molecule has 0 N–H and O–H groups in total. The lowest BCUT2D eigenvalue weighted by atomic mass is 10.1. The lowest BCUT2D eigenvalue weighted by molar-refractivity contribution is 0.0817. The van der Waals surface area contributed by atoms with E-state index >= 15 is 0 Å². The number of Topliss-reactive ketones (excluding diaryl/α,β-unsaturated/α-hetero) is 1. The molecule has 3 nitrogen and oxygen atoms in total. The standard InChI is InChI=1S/C17H17BrO3/c1-3-20-15-5-4-6-16(11-15)21-12(2)17(19)13-7-9-14(18)10-8-13/h4-12H,3H2,1-2H3. The minimum Gasteiger partial charge on any atom is -0.494 e. The van der Waals surface area contributed by atoms with Gasteiger partial charge in [0.2, 0.25) is 5.78 Å². The summed E-state index contributed by atoms with van der Waals surface area (Å²) in [5, 5.41) is 0. The zero-order valence-electron chi connectivity index (χ0n) is 12.0. The van der Waals surface area contributed by atoms with Crippen LogP contribution in [0.2, 0.25) is 0 Å². The molecule has 1 atom stereocenters. The number of carbonyl (C=O) groups excluding carboxylic acids is 1. The van der Waals surface area contributed by atoms with E-state index in [1.165, 1.54) is 0 Å². The monoisotopic (exact) mass is 348 g/mol. The van der Waals surface area contributed by atoms with Crippen LogP contribution in [0.15, 0.2) is 53.0 Å². The van der Waals surface area contributed by atoms with Crippen LogP contribution in [0.4, 0.5) is 0 Å². The second-order valence-corrected chi connectivity index (χ2v) is 5.45. The van der Waals surface area contributed by atoms with Gasteiger partial charge in [0.1, 0.15) is 11.5 Å². The summed E-state index contributed by atoms with van der Waals surface area (Å²) in [7, 11) is 0. The topological polar surface area (TPSA) is 35.5 Å². The van der Waals surface area contributed by atoms with E-state index in [0.717, 1.165) is 10.2 Å². The molecule has 0 aliphatic heterocycles. The van der Waals surface area contributed by atoms with Crippen molar-refractivity contribution < 1.29 is 14.3 Å². The third-order valence-corrected chi connectivity index (χ3v) is 3.46. The lowest BCUT2D eigenvalue weighted by Crippen LogP contribution is -2.23. The summed E-state index contributed by atoms with van der Waals surface area (Å²) < 4.78 is 12.1. The molecule has 0 radical (unpaired) electrons. The van der Waals surface area contributed by atoms with E-state index in [0.29, 0.717) is 17.9 Å². The first-order chi connectivity index (χ1) is 10.1. The Balaban J connectivity index is 2.06. The summed E-state index contributed by atoms with van der Waals surface area (Å²) in [6.07, 6.45) is -0.553. The van der Waals surface area contributed by atoms with Gasteiger partial charge in [0, 0.05) is 16.1 Å². The predicted molar refractivity (Wildman–Crippen MR) is 86.2 cm³/mol. The number of benzene rings is 2. The molecule has 0 aromatic heterocycles. The quantitative estimate of drug-likeness (QED) is 0.721. The predicted octanol–water partition coefficient (Wildman–Crippen LogP) is 4.50. The highest BCUT2D eigenvalue weighted by atomic mass is 79.9. The van der Waals surface area contributed by atoms with Gasteiger partial charge in [0.25, 0.3) is 0 Å². The van der Waals surface area contributed by atoms with Crippen molar-refractivity contribution in [3.8, 4) is 11.5 Å². The first-order valence-corrected chi connectivity index (χ1v) is 7.58. The Morgan fingerprint density at radius 1 is 1.14 bits per heavy atom. The molecular weight excluding hydrogens is 332 g/mol. The van der Waals surface area contributed by atoms with Gasteiger partial charge in [-0.25, -0.2) is 0 Å². The number of hydrogen-bond acceptors (Lipinski definition) is 3. The molecule has 0 aliphatic carbocycles. The Morgan fingerprint density at radius 2 is 1.81 bits per heavy atom. The maximum Gasteiger partial charge on any atom is 0.202 e. The van der Waals surface area contributed by atoms with Crippen LogP contribution in [0, 0.1) is 0 Å². The number of rotatable bonds is 6. The molecule has 0 saturated heterocycles. The molecule has 1 unspecified atom stereocenters. The first-order valence-electron chi connectivity index (χ1n) is 6.79. The average molecular weight is 349 g/mol. The summed E-state index contributed by atoms with van der Waals surface area (Å²) in [6, 6.07) is 14.6. The summed E-state index contributed by atoms with van der Waals surface area (Å²) >= 11 is 3.35. The summed E-state index contributed by atoms with van der Waals surface area (Å²) in [6.45, 7) is 4.27. The molecule has 0 spiro atoms. The second kappa shape index (κ2) is 7.27. The van der Waals surface area contributed by atoms with Gasteiger partial charge in [-0.2, -0.15) is 0 Å². The van der Waals surface area contributed by atoms with Crippen LogP contribution in [0.25, 0.3) is 0 Å². The van der Waals surface area contributed by atoms with E-state index in [-0.39, 0.29) is 5.78 Å². The van der Waals surface area contributed by atoms with Gasteiger partial charge in [-0.3, -0.25) is 4.79 Å². The number of ether oxygens (including phenoxy) is 2. The van der Waals surface area contributed by atoms with Crippen molar-refractivity contribution in [3.05, 3.63) is 58.6 Å². The maximum atomic E-state index is 12.3. The van der Waals surface area contributed by atoms with Gasteiger partial charge in [0.05, 0.1) is 6.61 Å². The molecule has 0 fully saturated rings. The van der Waals surface area contributed by atoms with E-state index in [9.17, 15) is 4.79 Å². The number of ketones is 1. The summed E-state index contributed by atoms with van der Waals surface area (Å²) in [4.78, 5) is 12.3. The van der Waals surface area contributed by atoms with Gasteiger partial charge in [-0.05, 0) is 38.1 Å². The van der Waals surface area contributed by atoms with Crippen LogP contribution >= 0.6 is 15.9 Å². The molecule has 21 heavy (non-hydrogen) atoms. The minimum absolute atomic E-state index is 0.0516. The van der Waals surface area contributed by atoms with Crippen molar-refractivity contribution in [1.29, 1.82) is 0 Å². The van der Waals surface area contributed by atoms with Crippen molar-refractivity contribution in [2.45, 2.75) is 20.0 Å². The van der Waals surface area contributed by atoms with Crippen LogP contribution in [-0.2, 0) is 0 Å². The summed E-state index contributed by atoms with van der Waals surface area (Å²) in [5.41, 5.74) is 0.631. The van der Waals surface area contributed by atoms with E-state index in [1.807, 2.05) is 37.3 Å². The fourth-order valence-electron chi connectivity index (χ4n) is 1.91. The molecule has 0 aliphatic rings. The number of hydrogen-bond donors (Lipinski definition) is 0. The SMILES string of the molecule is CCOc1cccc(OC(C)C(=O)c2ccc(Br)cc2)c1. The molecule has 2 rings (SSSR count). The van der Waals surface area contributed by atoms with E-state index in [2.05, 4.69) is 15.9 Å². The van der Waals surface area contributed by atoms with Crippen molar-refractivity contribution >= 4 is 21.7 Å². The van der Waals surface area contributed by atoms with E-state index < -0.39 is 6.10 Å². The molecule has 0 saturated carbocycles. The zero-order valence-corrected chi connectivity index (χ0v) is 13.6. The number of carbonyl (C=O) groups is 1. The Kier molecular flexibility index (Phi) is 5.39. The Bertz CT molecular complexity index is 608. The fourth-order valence-corrected chi connectivity index (χ4v) is 2.17. The minimum atomic E-state index is -0.553. The van der Waals surface area contributed by atoms with Crippen LogP contribution in [0.1, 0.15) is 24.2 Å². The van der Waals surface area contributed by atoms with Crippen LogP contribution in [0.3, 0.4) is 0 Å². The van der Waals surface area contributed by atoms with Gasteiger partial charge in [-0.1, -0.05) is 34.1 Å². The molecule has 110 valence electrons. The van der Waals surface area contributed by atoms with Crippen molar-refractivity contribution in [3.63, 3.8) is 0 Å². The maximum absolute atomic E-state index is 12.3. The second-order valence-electron chi connectivity index (χ2n) is 4.54. The summed E-state index contributed by atoms with van der Waals surface area (Å²) in [5.74, 6) is 1.31. The van der Waals surface area contributed by atoms with E-state index in [1.54, 1.807) is 25.1 Å². The molecular formula is C17H17BrO3. The first kappa shape index (κ1) is 15.6.